The summed E-state index contributed by atoms with van der Waals surface area (Å²) >= 11 is 7.88. The number of rotatable bonds is 3. The van der Waals surface area contributed by atoms with Crippen LogP contribution in [0.5, 0.6) is 5.75 Å². The predicted octanol–water partition coefficient (Wildman–Crippen LogP) is 2.96. The van der Waals surface area contributed by atoms with Crippen LogP contribution in [0, 0.1) is 6.92 Å². The minimum Gasteiger partial charge on any atom is -0.494 e. The number of nitrogens with zero attached hydrogens (tertiary/aromatic N) is 5. The van der Waals surface area contributed by atoms with Gasteiger partial charge in [-0.1, -0.05) is 22.9 Å². The number of ether oxygens (including phenoxy) is 1. The largest absolute Gasteiger partial charge is 0.494 e. The van der Waals surface area contributed by atoms with Gasteiger partial charge in [0.25, 0.3) is 5.91 Å². The third-order valence-corrected chi connectivity index (χ3v) is 6.41. The molecule has 1 fully saturated rings. The number of methoxy groups -OCH3 is 1. The lowest BCUT2D eigenvalue weighted by molar-refractivity contribution is 0.0735. The molecule has 4 rings (SSSR count). The van der Waals surface area contributed by atoms with E-state index in [4.69, 9.17) is 21.3 Å². The lowest BCUT2D eigenvalue weighted by Gasteiger charge is -2.34. The highest BCUT2D eigenvalue weighted by molar-refractivity contribution is 7.22. The molecule has 0 atom stereocenters. The molecule has 1 aliphatic rings. The van der Waals surface area contributed by atoms with Crippen molar-refractivity contribution in [3.63, 3.8) is 0 Å². The number of aryl methyl sites for hydroxylation is 2. The van der Waals surface area contributed by atoms with E-state index in [0.29, 0.717) is 23.8 Å². The molecular formula is C18H20ClN5O2S. The van der Waals surface area contributed by atoms with Crippen LogP contribution in [0.1, 0.15) is 16.1 Å². The van der Waals surface area contributed by atoms with Crippen LogP contribution in [0.4, 0.5) is 5.13 Å². The fourth-order valence-electron chi connectivity index (χ4n) is 3.35. The van der Waals surface area contributed by atoms with Crippen molar-refractivity contribution in [3.8, 4) is 5.75 Å². The van der Waals surface area contributed by atoms with Gasteiger partial charge < -0.3 is 14.5 Å². The summed E-state index contributed by atoms with van der Waals surface area (Å²) < 4.78 is 7.97. The molecule has 0 bridgehead atoms. The van der Waals surface area contributed by atoms with Crippen molar-refractivity contribution in [1.29, 1.82) is 0 Å². The van der Waals surface area contributed by atoms with Gasteiger partial charge in [0.1, 0.15) is 17.0 Å². The minimum atomic E-state index is 0.0289. The summed E-state index contributed by atoms with van der Waals surface area (Å²) in [5.74, 6) is 0.749. The van der Waals surface area contributed by atoms with E-state index in [-0.39, 0.29) is 5.91 Å². The highest BCUT2D eigenvalue weighted by Gasteiger charge is 2.27. The molecule has 0 spiro atoms. The van der Waals surface area contributed by atoms with Crippen molar-refractivity contribution in [2.45, 2.75) is 6.92 Å². The van der Waals surface area contributed by atoms with E-state index in [1.807, 2.05) is 24.0 Å². The van der Waals surface area contributed by atoms with E-state index in [2.05, 4.69) is 10.00 Å². The Morgan fingerprint density at radius 1 is 1.26 bits per heavy atom. The number of hydrogen-bond acceptors (Lipinski definition) is 6. The van der Waals surface area contributed by atoms with E-state index in [0.717, 1.165) is 39.8 Å². The van der Waals surface area contributed by atoms with Crippen LogP contribution < -0.4 is 9.64 Å². The second-order valence-corrected chi connectivity index (χ2v) is 7.89. The number of amides is 1. The average Bonchev–Trinajstić information content (AvgIpc) is 3.26. The van der Waals surface area contributed by atoms with Gasteiger partial charge in [-0.3, -0.25) is 9.48 Å². The lowest BCUT2D eigenvalue weighted by Crippen LogP contribution is -2.49. The van der Waals surface area contributed by atoms with Crippen LogP contribution in [-0.2, 0) is 7.05 Å². The second-order valence-electron chi connectivity index (χ2n) is 6.50. The number of anilines is 1. The maximum absolute atomic E-state index is 12.8. The molecule has 0 unspecified atom stereocenters. The van der Waals surface area contributed by atoms with Crippen molar-refractivity contribution in [3.05, 3.63) is 34.6 Å². The number of benzene rings is 1. The number of fused-ring (bicyclic) bond motifs is 1. The molecule has 142 valence electrons. The first-order valence-corrected chi connectivity index (χ1v) is 9.85. The molecule has 0 saturated carbocycles. The van der Waals surface area contributed by atoms with E-state index in [1.165, 1.54) is 0 Å². The topological polar surface area (TPSA) is 63.5 Å². The number of piperazine rings is 1. The smallest absolute Gasteiger partial charge is 0.272 e. The third kappa shape index (κ3) is 3.12. The number of thiazole rings is 1. The summed E-state index contributed by atoms with van der Waals surface area (Å²) in [4.78, 5) is 21.6. The van der Waals surface area contributed by atoms with Crippen molar-refractivity contribution < 1.29 is 9.53 Å². The normalized spacial score (nSPS) is 14.8. The summed E-state index contributed by atoms with van der Waals surface area (Å²) in [5, 5.41) is 5.75. The molecule has 0 radical (unpaired) electrons. The number of halogens is 1. The molecule has 3 aromatic rings. The Hall–Kier alpha value is -2.32. The van der Waals surface area contributed by atoms with Gasteiger partial charge in [-0.05, 0) is 24.6 Å². The number of hydrogen-bond donors (Lipinski definition) is 0. The molecule has 27 heavy (non-hydrogen) atoms. The maximum Gasteiger partial charge on any atom is 0.272 e. The third-order valence-electron chi connectivity index (χ3n) is 4.83. The Labute approximate surface area is 166 Å². The molecule has 9 heteroatoms. The van der Waals surface area contributed by atoms with E-state index >= 15 is 0 Å². The quantitative estimate of drug-likeness (QED) is 0.670. The Kier molecular flexibility index (Phi) is 4.69. The first-order chi connectivity index (χ1) is 13.0. The standard InChI is InChI=1S/C18H20ClN5O2S/c1-11-10-20-22(2)15(11)17(25)23-6-8-24(9-7-23)18-21-14-13(26-3)5-4-12(19)16(14)27-18/h4-5,10H,6-9H2,1-3H3. The molecule has 2 aromatic heterocycles. The van der Waals surface area contributed by atoms with Gasteiger partial charge in [0.15, 0.2) is 5.13 Å². The Balaban J connectivity index is 1.52. The van der Waals surface area contributed by atoms with Crippen LogP contribution in [-0.4, -0.2) is 58.9 Å². The zero-order valence-corrected chi connectivity index (χ0v) is 17.0. The first kappa shape index (κ1) is 18.1. The molecule has 3 heterocycles. The Morgan fingerprint density at radius 3 is 2.63 bits per heavy atom. The Morgan fingerprint density at radius 2 is 2.00 bits per heavy atom. The fourth-order valence-corrected chi connectivity index (χ4v) is 4.65. The molecule has 1 aliphatic heterocycles. The van der Waals surface area contributed by atoms with Crippen LogP contribution in [0.2, 0.25) is 5.02 Å². The van der Waals surface area contributed by atoms with Crippen molar-refractivity contribution in [2.75, 3.05) is 38.2 Å². The van der Waals surface area contributed by atoms with E-state index in [9.17, 15) is 4.79 Å². The van der Waals surface area contributed by atoms with Crippen LogP contribution in [0.3, 0.4) is 0 Å². The SMILES string of the molecule is COc1ccc(Cl)c2sc(N3CCN(C(=O)c4c(C)cnn4C)CC3)nc12. The zero-order valence-electron chi connectivity index (χ0n) is 15.4. The zero-order chi connectivity index (χ0) is 19.1. The molecule has 1 saturated heterocycles. The maximum atomic E-state index is 12.8. The predicted molar refractivity (Wildman–Crippen MR) is 107 cm³/mol. The average molecular weight is 406 g/mol. The molecule has 1 amide bonds. The van der Waals surface area contributed by atoms with Gasteiger partial charge in [-0.15, -0.1) is 0 Å². The molecule has 0 N–H and O–H groups in total. The molecule has 0 aliphatic carbocycles. The Bertz CT molecular complexity index is 987. The summed E-state index contributed by atoms with van der Waals surface area (Å²) in [5.41, 5.74) is 2.34. The summed E-state index contributed by atoms with van der Waals surface area (Å²) in [6.07, 6.45) is 1.72. The molecular weight excluding hydrogens is 386 g/mol. The first-order valence-electron chi connectivity index (χ1n) is 8.65. The highest BCUT2D eigenvalue weighted by Crippen LogP contribution is 2.38. The molecule has 1 aromatic carbocycles. The van der Waals surface area contributed by atoms with Gasteiger partial charge in [-0.25, -0.2) is 4.98 Å². The monoisotopic (exact) mass is 405 g/mol. The van der Waals surface area contributed by atoms with Gasteiger partial charge in [0, 0.05) is 33.2 Å². The van der Waals surface area contributed by atoms with Crippen LogP contribution in [0.15, 0.2) is 18.3 Å². The van der Waals surface area contributed by atoms with E-state index in [1.54, 1.807) is 36.4 Å². The van der Waals surface area contributed by atoms with Crippen molar-refractivity contribution >= 4 is 44.2 Å². The fraction of sp³-hybridized carbons (Fsp3) is 0.389. The second kappa shape index (κ2) is 7.01. The van der Waals surface area contributed by atoms with Crippen molar-refractivity contribution in [1.82, 2.24) is 19.7 Å². The summed E-state index contributed by atoms with van der Waals surface area (Å²) in [6.45, 7) is 4.65. The summed E-state index contributed by atoms with van der Waals surface area (Å²) in [7, 11) is 3.43. The molecule has 7 nitrogen and oxygen atoms in total. The highest BCUT2D eigenvalue weighted by atomic mass is 35.5. The van der Waals surface area contributed by atoms with Gasteiger partial charge >= 0.3 is 0 Å². The number of carbonyl (C=O) groups is 1. The van der Waals surface area contributed by atoms with Crippen LogP contribution in [0.25, 0.3) is 10.2 Å². The van der Waals surface area contributed by atoms with Gasteiger partial charge in [0.2, 0.25) is 0 Å². The van der Waals surface area contributed by atoms with E-state index < -0.39 is 0 Å². The van der Waals surface area contributed by atoms with Gasteiger partial charge in [-0.2, -0.15) is 5.10 Å². The number of aromatic nitrogens is 3. The number of carbonyl (C=O) groups excluding carboxylic acids is 1. The summed E-state index contributed by atoms with van der Waals surface area (Å²) in [6, 6.07) is 3.67. The van der Waals surface area contributed by atoms with Gasteiger partial charge in [0.05, 0.1) is 23.0 Å². The van der Waals surface area contributed by atoms with Crippen molar-refractivity contribution in [2.24, 2.45) is 7.05 Å². The minimum absolute atomic E-state index is 0.0289. The van der Waals surface area contributed by atoms with Crippen LogP contribution >= 0.6 is 22.9 Å². The lowest BCUT2D eigenvalue weighted by atomic mass is 10.2.